The lowest BCUT2D eigenvalue weighted by atomic mass is 10.2. The van der Waals surface area contributed by atoms with Crippen molar-refractivity contribution in [2.75, 3.05) is 6.61 Å². The van der Waals surface area contributed by atoms with Crippen LogP contribution in [0.3, 0.4) is 0 Å². The number of nitrogens with zero attached hydrogens (tertiary/aromatic N) is 1. The predicted molar refractivity (Wildman–Crippen MR) is 67.6 cm³/mol. The molecule has 2 rings (SSSR count). The first-order chi connectivity index (χ1) is 9.56. The van der Waals surface area contributed by atoms with Crippen molar-refractivity contribution in [3.05, 3.63) is 46.0 Å². The summed E-state index contributed by atoms with van der Waals surface area (Å²) in [6.45, 7) is 0.253. The molecule has 0 aliphatic carbocycles. The topological polar surface area (TPSA) is 95.7 Å². The highest BCUT2D eigenvalue weighted by Crippen LogP contribution is 2.14. The minimum atomic E-state index is -0.844. The second-order valence-corrected chi connectivity index (χ2v) is 4.06. The zero-order valence-electron chi connectivity index (χ0n) is 10.4. The Morgan fingerprint density at radius 3 is 2.65 bits per heavy atom. The van der Waals surface area contributed by atoms with Crippen LogP contribution in [0.2, 0.25) is 0 Å². The van der Waals surface area contributed by atoms with E-state index in [0.29, 0.717) is 12.0 Å². The fourth-order valence-electron chi connectivity index (χ4n) is 1.64. The summed E-state index contributed by atoms with van der Waals surface area (Å²) in [7, 11) is 0. The number of rotatable bonds is 4. The van der Waals surface area contributed by atoms with E-state index in [1.54, 1.807) is 0 Å². The smallest absolute Gasteiger partial charge is 0.347 e. The average Bonchev–Trinajstić information content (AvgIpc) is 2.82. The highest BCUT2D eigenvalue weighted by molar-refractivity contribution is 5.89. The van der Waals surface area contributed by atoms with Crippen molar-refractivity contribution in [1.82, 2.24) is 0 Å². The van der Waals surface area contributed by atoms with Gasteiger partial charge in [0.05, 0.1) is 11.5 Å². The third-order valence-electron chi connectivity index (χ3n) is 2.66. The number of nitro benzene ring substituents is 1. The van der Waals surface area contributed by atoms with Crippen molar-refractivity contribution in [3.63, 3.8) is 0 Å². The van der Waals surface area contributed by atoms with Crippen LogP contribution in [-0.4, -0.2) is 29.6 Å². The molecular weight excluding hydrogens is 266 g/mol. The lowest BCUT2D eigenvalue weighted by Gasteiger charge is -2.04. The van der Waals surface area contributed by atoms with Gasteiger partial charge >= 0.3 is 11.9 Å². The van der Waals surface area contributed by atoms with Crippen LogP contribution in [0, 0.1) is 10.1 Å². The summed E-state index contributed by atoms with van der Waals surface area (Å²) in [5, 5.41) is 10.5. The minimum absolute atomic E-state index is 0.0292. The van der Waals surface area contributed by atoms with Crippen LogP contribution in [0.1, 0.15) is 12.0 Å². The molecular formula is C13H11NO6. The van der Waals surface area contributed by atoms with E-state index in [4.69, 9.17) is 4.74 Å². The molecule has 0 unspecified atom stereocenters. The first kappa shape index (κ1) is 13.7. The molecule has 0 spiro atoms. The van der Waals surface area contributed by atoms with Gasteiger partial charge in [0.15, 0.2) is 0 Å². The van der Waals surface area contributed by atoms with Crippen LogP contribution >= 0.6 is 0 Å². The van der Waals surface area contributed by atoms with Gasteiger partial charge in [0, 0.05) is 24.6 Å². The summed E-state index contributed by atoms with van der Waals surface area (Å²) in [5.41, 5.74) is 0.583. The lowest BCUT2D eigenvalue weighted by Crippen LogP contribution is -2.21. The van der Waals surface area contributed by atoms with Gasteiger partial charge in [-0.3, -0.25) is 10.1 Å². The molecule has 1 atom stereocenters. The third-order valence-corrected chi connectivity index (χ3v) is 2.66. The first-order valence-electron chi connectivity index (χ1n) is 5.86. The van der Waals surface area contributed by atoms with Crippen LogP contribution in [0.15, 0.2) is 30.3 Å². The first-order valence-corrected chi connectivity index (χ1v) is 5.86. The monoisotopic (exact) mass is 277 g/mol. The van der Waals surface area contributed by atoms with Gasteiger partial charge in [-0.05, 0) is 23.8 Å². The van der Waals surface area contributed by atoms with Crippen molar-refractivity contribution < 1.29 is 24.0 Å². The summed E-state index contributed by atoms with van der Waals surface area (Å²) < 4.78 is 9.56. The maximum absolute atomic E-state index is 11.5. The second kappa shape index (κ2) is 5.96. The van der Waals surface area contributed by atoms with Crippen LogP contribution < -0.4 is 0 Å². The molecule has 7 heteroatoms. The molecule has 0 bridgehead atoms. The molecule has 0 amide bonds. The SMILES string of the molecule is O=C(/C=C/c1ccc([N+](=O)[O-])cc1)O[C@H]1CCOC1=O. The van der Waals surface area contributed by atoms with Crippen molar-refractivity contribution in [3.8, 4) is 0 Å². The molecule has 20 heavy (non-hydrogen) atoms. The fraction of sp³-hybridized carbons (Fsp3) is 0.231. The lowest BCUT2D eigenvalue weighted by molar-refractivity contribution is -0.384. The molecule has 7 nitrogen and oxygen atoms in total. The fourth-order valence-corrected chi connectivity index (χ4v) is 1.64. The highest BCUT2D eigenvalue weighted by atomic mass is 16.6. The Labute approximate surface area is 113 Å². The minimum Gasteiger partial charge on any atom is -0.463 e. The van der Waals surface area contributed by atoms with E-state index in [2.05, 4.69) is 4.74 Å². The van der Waals surface area contributed by atoms with E-state index in [-0.39, 0.29) is 12.3 Å². The van der Waals surface area contributed by atoms with Gasteiger partial charge in [-0.2, -0.15) is 0 Å². The molecule has 1 aliphatic heterocycles. The van der Waals surface area contributed by atoms with Gasteiger partial charge in [-0.15, -0.1) is 0 Å². The van der Waals surface area contributed by atoms with E-state index in [0.717, 1.165) is 6.08 Å². The number of carbonyl (C=O) groups excluding carboxylic acids is 2. The Kier molecular flexibility index (Phi) is 4.09. The van der Waals surface area contributed by atoms with E-state index >= 15 is 0 Å². The number of benzene rings is 1. The molecule has 1 aromatic carbocycles. The van der Waals surface area contributed by atoms with Gasteiger partial charge in [-0.1, -0.05) is 0 Å². The molecule has 104 valence electrons. The van der Waals surface area contributed by atoms with Crippen molar-refractivity contribution in [2.24, 2.45) is 0 Å². The number of nitro groups is 1. The quantitative estimate of drug-likeness (QED) is 0.358. The molecule has 1 fully saturated rings. The summed E-state index contributed by atoms with van der Waals surface area (Å²) >= 11 is 0. The second-order valence-electron chi connectivity index (χ2n) is 4.06. The van der Waals surface area contributed by atoms with Crippen LogP contribution in [0.25, 0.3) is 6.08 Å². The molecule has 0 N–H and O–H groups in total. The van der Waals surface area contributed by atoms with Gasteiger partial charge < -0.3 is 9.47 Å². The van der Waals surface area contributed by atoms with Crippen LogP contribution in [0.5, 0.6) is 0 Å². The maximum atomic E-state index is 11.5. The molecule has 1 aliphatic rings. The van der Waals surface area contributed by atoms with Gasteiger partial charge in [0.1, 0.15) is 0 Å². The summed E-state index contributed by atoms with van der Waals surface area (Å²) in [4.78, 5) is 32.5. The zero-order chi connectivity index (χ0) is 14.5. The van der Waals surface area contributed by atoms with Crippen LogP contribution in [-0.2, 0) is 19.1 Å². The summed E-state index contributed by atoms with van der Waals surface area (Å²) in [6.07, 6.45) is 2.12. The number of hydrogen-bond donors (Lipinski definition) is 0. The molecule has 1 heterocycles. The Bertz CT molecular complexity index is 563. The van der Waals surface area contributed by atoms with E-state index < -0.39 is 23.0 Å². The molecule has 0 saturated carbocycles. The van der Waals surface area contributed by atoms with Gasteiger partial charge in [-0.25, -0.2) is 9.59 Å². The zero-order valence-corrected chi connectivity index (χ0v) is 10.4. The number of esters is 2. The van der Waals surface area contributed by atoms with Crippen LogP contribution in [0.4, 0.5) is 5.69 Å². The van der Waals surface area contributed by atoms with Crippen molar-refractivity contribution in [1.29, 1.82) is 0 Å². The van der Waals surface area contributed by atoms with Crippen molar-refractivity contribution >= 4 is 23.7 Å². The Hall–Kier alpha value is -2.70. The standard InChI is InChI=1S/C13H11NO6/c15-12(20-11-7-8-19-13(11)16)6-3-9-1-4-10(5-2-9)14(17)18/h1-6,11H,7-8H2/b6-3+/t11-/m0/s1. The molecule has 1 saturated heterocycles. The number of cyclic esters (lactones) is 1. The highest BCUT2D eigenvalue weighted by Gasteiger charge is 2.29. The molecule has 0 radical (unpaired) electrons. The van der Waals surface area contributed by atoms with E-state index in [1.165, 1.54) is 30.3 Å². The number of ether oxygens (including phenoxy) is 2. The predicted octanol–water partition coefficient (Wildman–Crippen LogP) is 1.47. The normalized spacial score (nSPS) is 18.0. The Morgan fingerprint density at radius 2 is 2.10 bits per heavy atom. The van der Waals surface area contributed by atoms with Crippen molar-refractivity contribution in [2.45, 2.75) is 12.5 Å². The number of hydrogen-bond acceptors (Lipinski definition) is 6. The summed E-state index contributed by atoms with van der Waals surface area (Å²) in [6, 6.07) is 5.68. The molecule has 0 aromatic heterocycles. The largest absolute Gasteiger partial charge is 0.463 e. The van der Waals surface area contributed by atoms with Gasteiger partial charge in [0.2, 0.25) is 6.10 Å². The third kappa shape index (κ3) is 3.41. The average molecular weight is 277 g/mol. The van der Waals surface area contributed by atoms with E-state index in [1.807, 2.05) is 0 Å². The van der Waals surface area contributed by atoms with Gasteiger partial charge in [0.25, 0.3) is 5.69 Å². The number of non-ortho nitro benzene ring substituents is 1. The Balaban J connectivity index is 1.93. The molecule has 1 aromatic rings. The maximum Gasteiger partial charge on any atom is 0.347 e. The number of carbonyl (C=O) groups is 2. The summed E-state index contributed by atoms with van der Waals surface area (Å²) in [5.74, 6) is -1.20. The van der Waals surface area contributed by atoms with E-state index in [9.17, 15) is 19.7 Å². The Morgan fingerprint density at radius 1 is 1.40 bits per heavy atom.